The van der Waals surface area contributed by atoms with Crippen molar-refractivity contribution in [2.45, 2.75) is 26.2 Å². The Morgan fingerprint density at radius 3 is 2.72 bits per heavy atom. The molecule has 0 spiro atoms. The number of likely N-dealkylation sites (tertiary alicyclic amines) is 1. The summed E-state index contributed by atoms with van der Waals surface area (Å²) in [5, 5.41) is 0. The van der Waals surface area contributed by atoms with Crippen LogP contribution in [0.1, 0.15) is 26.2 Å². The van der Waals surface area contributed by atoms with Crippen LogP contribution in [0, 0.1) is 5.92 Å². The lowest BCUT2D eigenvalue weighted by Crippen LogP contribution is -2.34. The molecule has 0 aromatic carbocycles. The van der Waals surface area contributed by atoms with Crippen LogP contribution in [0.5, 0.6) is 0 Å². The van der Waals surface area contributed by atoms with Crippen molar-refractivity contribution in [1.82, 2.24) is 9.80 Å². The molecule has 0 saturated carbocycles. The van der Waals surface area contributed by atoms with Gasteiger partial charge in [-0.1, -0.05) is 19.1 Å². The molecule has 0 radical (unpaired) electrons. The minimum atomic E-state index is 0.0265. The van der Waals surface area contributed by atoms with Crippen LogP contribution in [0.2, 0.25) is 0 Å². The lowest BCUT2D eigenvalue weighted by atomic mass is 10.2. The number of amides is 2. The predicted octanol–water partition coefficient (Wildman–Crippen LogP) is 0.380. The summed E-state index contributed by atoms with van der Waals surface area (Å²) in [6.45, 7) is 3.87. The molecule has 2 N–H and O–H groups in total. The van der Waals surface area contributed by atoms with E-state index in [0.29, 0.717) is 43.3 Å². The van der Waals surface area contributed by atoms with Crippen LogP contribution in [0.3, 0.4) is 0 Å². The van der Waals surface area contributed by atoms with E-state index in [1.54, 1.807) is 16.8 Å². The van der Waals surface area contributed by atoms with Gasteiger partial charge in [0.1, 0.15) is 0 Å². The van der Waals surface area contributed by atoms with Gasteiger partial charge in [-0.2, -0.15) is 0 Å². The normalized spacial score (nSPS) is 19.1. The third-order valence-electron chi connectivity index (χ3n) is 3.12. The molecule has 5 nitrogen and oxygen atoms in total. The summed E-state index contributed by atoms with van der Waals surface area (Å²) in [7, 11) is 1.73. The summed E-state index contributed by atoms with van der Waals surface area (Å²) < 4.78 is 0. The molecule has 1 aliphatic heterocycles. The molecule has 1 rings (SSSR count). The standard InChI is InChI=1S/C12H21N3O2S/c1-9-7-12(17)15(8-9)6-4-11(16)14(2)5-3-10(13)18/h9H,3-8H2,1-2H3,(H2,13,18). The number of rotatable bonds is 6. The lowest BCUT2D eigenvalue weighted by Gasteiger charge is -2.20. The monoisotopic (exact) mass is 271 g/mol. The van der Waals surface area contributed by atoms with Gasteiger partial charge in [0.25, 0.3) is 0 Å². The van der Waals surface area contributed by atoms with Gasteiger partial charge in [0.05, 0.1) is 4.99 Å². The Morgan fingerprint density at radius 1 is 1.56 bits per heavy atom. The topological polar surface area (TPSA) is 66.6 Å². The van der Waals surface area contributed by atoms with Crippen molar-refractivity contribution in [2.24, 2.45) is 11.7 Å². The van der Waals surface area contributed by atoms with E-state index in [9.17, 15) is 9.59 Å². The number of hydrogen-bond donors (Lipinski definition) is 1. The maximum absolute atomic E-state index is 11.8. The largest absolute Gasteiger partial charge is 0.393 e. The van der Waals surface area contributed by atoms with Gasteiger partial charge in [-0.15, -0.1) is 0 Å². The summed E-state index contributed by atoms with van der Waals surface area (Å²) in [6, 6.07) is 0. The first kappa shape index (κ1) is 14.9. The van der Waals surface area contributed by atoms with E-state index in [4.69, 9.17) is 18.0 Å². The minimum Gasteiger partial charge on any atom is -0.393 e. The third kappa shape index (κ3) is 4.60. The van der Waals surface area contributed by atoms with Crippen molar-refractivity contribution >= 4 is 29.0 Å². The molecule has 0 bridgehead atoms. The Kier molecular flexibility index (Phi) is 5.53. The SMILES string of the molecule is CC1CC(=O)N(CCC(=O)N(C)CCC(N)=S)C1. The average molecular weight is 271 g/mol. The molecule has 0 aromatic rings. The first-order chi connectivity index (χ1) is 8.40. The Balaban J connectivity index is 2.28. The van der Waals surface area contributed by atoms with Crippen molar-refractivity contribution in [3.05, 3.63) is 0 Å². The second kappa shape index (κ2) is 6.68. The zero-order valence-electron chi connectivity index (χ0n) is 11.0. The Morgan fingerprint density at radius 2 is 2.22 bits per heavy atom. The van der Waals surface area contributed by atoms with Gasteiger partial charge in [-0.25, -0.2) is 0 Å². The Labute approximate surface area is 113 Å². The van der Waals surface area contributed by atoms with Crippen molar-refractivity contribution in [1.29, 1.82) is 0 Å². The van der Waals surface area contributed by atoms with Gasteiger partial charge in [0.2, 0.25) is 11.8 Å². The van der Waals surface area contributed by atoms with Crippen molar-refractivity contribution in [3.63, 3.8) is 0 Å². The third-order valence-corrected chi connectivity index (χ3v) is 3.33. The van der Waals surface area contributed by atoms with Gasteiger partial charge in [-0.3, -0.25) is 9.59 Å². The van der Waals surface area contributed by atoms with E-state index in [2.05, 4.69) is 0 Å². The van der Waals surface area contributed by atoms with Gasteiger partial charge < -0.3 is 15.5 Å². The fourth-order valence-electron chi connectivity index (χ4n) is 2.01. The van der Waals surface area contributed by atoms with Crippen molar-refractivity contribution < 1.29 is 9.59 Å². The van der Waals surface area contributed by atoms with Gasteiger partial charge in [0.15, 0.2) is 0 Å². The van der Waals surface area contributed by atoms with E-state index in [-0.39, 0.29) is 11.8 Å². The maximum atomic E-state index is 11.8. The van der Waals surface area contributed by atoms with E-state index in [0.717, 1.165) is 6.54 Å². The van der Waals surface area contributed by atoms with Crippen LogP contribution < -0.4 is 5.73 Å². The zero-order chi connectivity index (χ0) is 13.7. The molecule has 1 fully saturated rings. The number of carbonyl (C=O) groups is 2. The Bertz CT molecular complexity index is 346. The molecule has 1 atom stereocenters. The highest BCUT2D eigenvalue weighted by atomic mass is 32.1. The smallest absolute Gasteiger partial charge is 0.224 e. The molecule has 1 unspecified atom stereocenters. The fraction of sp³-hybridized carbons (Fsp3) is 0.750. The summed E-state index contributed by atoms with van der Waals surface area (Å²) in [4.78, 5) is 27.2. The second-order valence-electron chi connectivity index (χ2n) is 4.93. The molecule has 18 heavy (non-hydrogen) atoms. The van der Waals surface area contributed by atoms with Crippen LogP contribution in [0.15, 0.2) is 0 Å². The zero-order valence-corrected chi connectivity index (χ0v) is 11.8. The number of hydrogen-bond acceptors (Lipinski definition) is 3. The fourth-order valence-corrected chi connectivity index (χ4v) is 2.10. The Hall–Kier alpha value is -1.17. The first-order valence-electron chi connectivity index (χ1n) is 6.20. The van der Waals surface area contributed by atoms with Crippen molar-refractivity contribution in [2.75, 3.05) is 26.7 Å². The molecule has 1 heterocycles. The highest BCUT2D eigenvalue weighted by molar-refractivity contribution is 7.80. The highest BCUT2D eigenvalue weighted by Crippen LogP contribution is 2.16. The predicted molar refractivity (Wildman–Crippen MR) is 74.0 cm³/mol. The lowest BCUT2D eigenvalue weighted by molar-refractivity contribution is -0.131. The molecule has 1 saturated heterocycles. The van der Waals surface area contributed by atoms with Crippen LogP contribution in [0.4, 0.5) is 0 Å². The van der Waals surface area contributed by atoms with E-state index in [1.165, 1.54) is 0 Å². The summed E-state index contributed by atoms with van der Waals surface area (Å²) in [6.07, 6.45) is 1.51. The molecule has 102 valence electrons. The average Bonchev–Trinajstić information content (AvgIpc) is 2.61. The second-order valence-corrected chi connectivity index (χ2v) is 5.46. The van der Waals surface area contributed by atoms with Crippen LogP contribution in [0.25, 0.3) is 0 Å². The molecule has 0 aliphatic carbocycles. The quantitative estimate of drug-likeness (QED) is 0.709. The number of carbonyl (C=O) groups excluding carboxylic acids is 2. The summed E-state index contributed by atoms with van der Waals surface area (Å²) in [5.41, 5.74) is 5.39. The summed E-state index contributed by atoms with van der Waals surface area (Å²) >= 11 is 4.77. The summed E-state index contributed by atoms with van der Waals surface area (Å²) in [5.74, 6) is 0.583. The molecular formula is C12H21N3O2S. The molecular weight excluding hydrogens is 250 g/mol. The first-order valence-corrected chi connectivity index (χ1v) is 6.61. The highest BCUT2D eigenvalue weighted by Gasteiger charge is 2.26. The number of nitrogens with zero attached hydrogens (tertiary/aromatic N) is 2. The van der Waals surface area contributed by atoms with E-state index >= 15 is 0 Å². The van der Waals surface area contributed by atoms with Crippen LogP contribution >= 0.6 is 12.2 Å². The number of thiocarbonyl (C=S) groups is 1. The molecule has 2 amide bonds. The van der Waals surface area contributed by atoms with Gasteiger partial charge in [-0.05, 0) is 5.92 Å². The molecule has 0 aromatic heterocycles. The van der Waals surface area contributed by atoms with E-state index < -0.39 is 0 Å². The maximum Gasteiger partial charge on any atom is 0.224 e. The van der Waals surface area contributed by atoms with Crippen LogP contribution in [-0.2, 0) is 9.59 Å². The van der Waals surface area contributed by atoms with Crippen LogP contribution in [-0.4, -0.2) is 53.3 Å². The molecule has 1 aliphatic rings. The number of nitrogens with two attached hydrogens (primary N) is 1. The van der Waals surface area contributed by atoms with Gasteiger partial charge in [0, 0.05) is 45.9 Å². The van der Waals surface area contributed by atoms with Crippen molar-refractivity contribution in [3.8, 4) is 0 Å². The minimum absolute atomic E-state index is 0.0265. The van der Waals surface area contributed by atoms with E-state index in [1.807, 2.05) is 6.92 Å². The molecule has 6 heteroatoms. The van der Waals surface area contributed by atoms with Gasteiger partial charge >= 0.3 is 0 Å².